The molecule has 0 aliphatic heterocycles. The normalized spacial score (nSPS) is 13.4. The van der Waals surface area contributed by atoms with Crippen LogP contribution in [0.4, 0.5) is 0 Å². The second kappa shape index (κ2) is 8.21. The van der Waals surface area contributed by atoms with Crippen molar-refractivity contribution in [1.29, 1.82) is 0 Å². The second-order valence-electron chi connectivity index (χ2n) is 5.19. The first-order chi connectivity index (χ1) is 10.4. The molecule has 6 heteroatoms. The van der Waals surface area contributed by atoms with Crippen molar-refractivity contribution in [2.45, 2.75) is 13.8 Å². The van der Waals surface area contributed by atoms with Gasteiger partial charge in [-0.2, -0.15) is 5.10 Å². The van der Waals surface area contributed by atoms with Gasteiger partial charge in [0.15, 0.2) is 0 Å². The Morgan fingerprint density at radius 2 is 2.14 bits per heavy atom. The molecule has 6 nitrogen and oxygen atoms in total. The smallest absolute Gasteiger partial charge is 0.0598 e. The van der Waals surface area contributed by atoms with Crippen LogP contribution < -0.4 is 17.3 Å². The highest BCUT2D eigenvalue weighted by molar-refractivity contribution is 5.63. The van der Waals surface area contributed by atoms with E-state index in [4.69, 9.17) is 17.3 Å². The highest BCUT2D eigenvalue weighted by Gasteiger charge is 2.07. The first-order valence-electron chi connectivity index (χ1n) is 7.05. The Bertz CT molecular complexity index is 606. The summed E-state index contributed by atoms with van der Waals surface area (Å²) in [6.45, 7) is 8.69. The van der Waals surface area contributed by atoms with Gasteiger partial charge in [0.2, 0.25) is 0 Å². The van der Waals surface area contributed by atoms with Crippen molar-refractivity contribution in [2.24, 2.45) is 24.4 Å². The highest BCUT2D eigenvalue weighted by atomic mass is 15.4. The molecule has 6 N–H and O–H groups in total. The molecule has 22 heavy (non-hydrogen) atoms. The Balaban J connectivity index is 2.76. The molecular weight excluding hydrogens is 276 g/mol. The van der Waals surface area contributed by atoms with Crippen LogP contribution in [0.3, 0.4) is 0 Å². The lowest BCUT2D eigenvalue weighted by Gasteiger charge is -2.15. The van der Waals surface area contributed by atoms with Crippen LogP contribution in [-0.4, -0.2) is 27.9 Å². The Hall–Kier alpha value is -2.31. The van der Waals surface area contributed by atoms with Gasteiger partial charge >= 0.3 is 0 Å². The Morgan fingerprint density at radius 1 is 1.45 bits per heavy atom. The van der Waals surface area contributed by atoms with Crippen molar-refractivity contribution >= 4 is 5.70 Å². The fraction of sp³-hybridized carbons (Fsp3) is 0.312. The van der Waals surface area contributed by atoms with Gasteiger partial charge in [0, 0.05) is 31.0 Å². The molecule has 0 spiro atoms. The van der Waals surface area contributed by atoms with E-state index in [1.165, 1.54) is 0 Å². The maximum absolute atomic E-state index is 6.08. The van der Waals surface area contributed by atoms with Crippen molar-refractivity contribution in [2.75, 3.05) is 13.1 Å². The van der Waals surface area contributed by atoms with Crippen LogP contribution in [0.25, 0.3) is 5.70 Å². The fourth-order valence-electron chi connectivity index (χ4n) is 1.89. The number of nitrogens with zero attached hydrogens (tertiary/aromatic N) is 3. The molecule has 0 aromatic carbocycles. The molecule has 120 valence electrons. The first-order valence-corrected chi connectivity index (χ1v) is 7.05. The van der Waals surface area contributed by atoms with Crippen LogP contribution in [0.5, 0.6) is 0 Å². The predicted octanol–water partition coefficient (Wildman–Crippen LogP) is 1.18. The SMILES string of the molecule is C=C/C(=C\C=C(\C)CN(N)/C=C(\N)c1cnn(C)c1C)CN. The molecule has 0 aliphatic carbocycles. The highest BCUT2D eigenvalue weighted by Crippen LogP contribution is 2.13. The molecule has 1 aromatic rings. The van der Waals surface area contributed by atoms with Crippen LogP contribution in [0.15, 0.2) is 48.4 Å². The van der Waals surface area contributed by atoms with Gasteiger partial charge in [-0.15, -0.1) is 0 Å². The number of hydrazine groups is 1. The van der Waals surface area contributed by atoms with Gasteiger partial charge in [-0.3, -0.25) is 4.68 Å². The van der Waals surface area contributed by atoms with Gasteiger partial charge in [0.05, 0.1) is 18.4 Å². The minimum Gasteiger partial charge on any atom is -0.397 e. The molecule has 1 heterocycles. The van der Waals surface area contributed by atoms with E-state index in [2.05, 4.69) is 11.7 Å². The van der Waals surface area contributed by atoms with Gasteiger partial charge in [0.1, 0.15) is 0 Å². The minimum atomic E-state index is 0.465. The second-order valence-corrected chi connectivity index (χ2v) is 5.19. The standard InChI is InChI=1S/C16H26N6/c1-5-14(8-17)7-6-12(2)10-22(19)11-16(18)15-9-20-21(4)13(15)3/h5-7,9,11H,1,8,10,17-19H2,2-4H3/b12-6-,14-7+,16-11-. The number of nitrogens with two attached hydrogens (primary N) is 3. The number of hydrogen-bond acceptors (Lipinski definition) is 5. The molecule has 0 radical (unpaired) electrons. The van der Waals surface area contributed by atoms with E-state index in [1.807, 2.05) is 33.0 Å². The van der Waals surface area contributed by atoms with Gasteiger partial charge in [-0.25, -0.2) is 5.84 Å². The molecule has 0 aliphatic rings. The van der Waals surface area contributed by atoms with E-state index in [-0.39, 0.29) is 0 Å². The summed E-state index contributed by atoms with van der Waals surface area (Å²) in [6.07, 6.45) is 9.10. The predicted molar refractivity (Wildman–Crippen MR) is 92.1 cm³/mol. The minimum absolute atomic E-state index is 0.465. The zero-order chi connectivity index (χ0) is 16.7. The summed E-state index contributed by atoms with van der Waals surface area (Å²) >= 11 is 0. The van der Waals surface area contributed by atoms with Crippen LogP contribution in [0, 0.1) is 6.92 Å². The average molecular weight is 302 g/mol. The summed E-state index contributed by atoms with van der Waals surface area (Å²) in [4.78, 5) is 0. The van der Waals surface area contributed by atoms with Crippen LogP contribution in [-0.2, 0) is 7.05 Å². The third kappa shape index (κ3) is 4.91. The first kappa shape index (κ1) is 17.7. The third-order valence-corrected chi connectivity index (χ3v) is 3.36. The number of allylic oxidation sites excluding steroid dienone is 2. The lowest BCUT2D eigenvalue weighted by atomic mass is 10.2. The lowest BCUT2D eigenvalue weighted by Crippen LogP contribution is -2.28. The molecular formula is C16H26N6. The summed E-state index contributed by atoms with van der Waals surface area (Å²) in [5.74, 6) is 5.98. The van der Waals surface area contributed by atoms with Crippen molar-refractivity contribution in [3.8, 4) is 0 Å². The summed E-state index contributed by atoms with van der Waals surface area (Å²) in [5.41, 5.74) is 16.2. The van der Waals surface area contributed by atoms with Crippen LogP contribution in [0.1, 0.15) is 18.2 Å². The Kier molecular flexibility index (Phi) is 6.62. The van der Waals surface area contributed by atoms with Crippen LogP contribution in [0.2, 0.25) is 0 Å². The lowest BCUT2D eigenvalue weighted by molar-refractivity contribution is 0.429. The van der Waals surface area contributed by atoms with Crippen molar-refractivity contribution in [3.63, 3.8) is 0 Å². The maximum Gasteiger partial charge on any atom is 0.0598 e. The van der Waals surface area contributed by atoms with E-state index in [9.17, 15) is 0 Å². The largest absolute Gasteiger partial charge is 0.397 e. The monoisotopic (exact) mass is 302 g/mol. The Labute approximate surface area is 132 Å². The van der Waals surface area contributed by atoms with E-state index < -0.39 is 0 Å². The summed E-state index contributed by atoms with van der Waals surface area (Å²) < 4.78 is 1.77. The average Bonchev–Trinajstić information content (AvgIpc) is 2.80. The van der Waals surface area contributed by atoms with Gasteiger partial charge in [-0.05, 0) is 19.4 Å². The summed E-state index contributed by atoms with van der Waals surface area (Å²) in [6, 6.07) is 0. The molecule has 0 unspecified atom stereocenters. The maximum atomic E-state index is 6.08. The van der Waals surface area contributed by atoms with E-state index >= 15 is 0 Å². The van der Waals surface area contributed by atoms with Gasteiger partial charge in [0.25, 0.3) is 0 Å². The number of hydrogen-bond donors (Lipinski definition) is 3. The number of aryl methyl sites for hydroxylation is 1. The zero-order valence-electron chi connectivity index (χ0n) is 13.6. The van der Waals surface area contributed by atoms with Crippen molar-refractivity contribution in [3.05, 3.63) is 59.6 Å². The molecule has 0 saturated heterocycles. The van der Waals surface area contributed by atoms with Gasteiger partial charge < -0.3 is 16.5 Å². The molecule has 0 fully saturated rings. The quantitative estimate of drug-likeness (QED) is 0.399. The molecule has 1 rings (SSSR count). The van der Waals surface area contributed by atoms with Gasteiger partial charge in [-0.1, -0.05) is 30.4 Å². The van der Waals surface area contributed by atoms with E-state index in [1.54, 1.807) is 28.2 Å². The number of aromatic nitrogens is 2. The topological polar surface area (TPSA) is 99.1 Å². The fourth-order valence-corrected chi connectivity index (χ4v) is 1.89. The summed E-state index contributed by atoms with van der Waals surface area (Å²) in [5, 5.41) is 5.72. The molecule has 0 amide bonds. The molecule has 0 bridgehead atoms. The van der Waals surface area contributed by atoms with Crippen LogP contribution >= 0.6 is 0 Å². The zero-order valence-corrected chi connectivity index (χ0v) is 13.6. The third-order valence-electron chi connectivity index (χ3n) is 3.36. The van der Waals surface area contributed by atoms with E-state index in [0.717, 1.165) is 22.4 Å². The molecule has 1 aromatic heterocycles. The molecule has 0 saturated carbocycles. The van der Waals surface area contributed by atoms with E-state index in [0.29, 0.717) is 18.8 Å². The number of rotatable bonds is 7. The van der Waals surface area contributed by atoms with Crippen molar-refractivity contribution < 1.29 is 0 Å². The Morgan fingerprint density at radius 3 is 2.64 bits per heavy atom. The molecule has 0 atom stereocenters. The summed E-state index contributed by atoms with van der Waals surface area (Å²) in [7, 11) is 1.88. The van der Waals surface area contributed by atoms with Crippen molar-refractivity contribution in [1.82, 2.24) is 14.8 Å².